The van der Waals surface area contributed by atoms with Gasteiger partial charge in [0.1, 0.15) is 0 Å². The Hall–Kier alpha value is -1.61. The normalized spacial score (nSPS) is 23.2. The lowest BCUT2D eigenvalue weighted by Gasteiger charge is -2.39. The molecule has 0 bridgehead atoms. The average molecular weight is 269 g/mol. The van der Waals surface area contributed by atoms with E-state index in [1.807, 2.05) is 12.3 Å². The molecule has 1 aromatic heterocycles. The van der Waals surface area contributed by atoms with Gasteiger partial charge < -0.3 is 10.2 Å². The van der Waals surface area contributed by atoms with E-state index in [1.54, 1.807) is 0 Å². The van der Waals surface area contributed by atoms with Crippen molar-refractivity contribution < 1.29 is 0 Å². The second-order valence-electron chi connectivity index (χ2n) is 5.70. The third-order valence-corrected chi connectivity index (χ3v) is 4.29. The Morgan fingerprint density at radius 1 is 1.35 bits per heavy atom. The Labute approximate surface area is 121 Å². The number of nitrogens with zero attached hydrogens (tertiary/aromatic N) is 2. The average Bonchev–Trinajstić information content (AvgIpc) is 2.47. The van der Waals surface area contributed by atoms with Crippen molar-refractivity contribution in [2.24, 2.45) is 0 Å². The minimum Gasteiger partial charge on any atom is -0.369 e. The largest absolute Gasteiger partial charge is 0.369 e. The zero-order valence-electron chi connectivity index (χ0n) is 12.3. The Kier molecular flexibility index (Phi) is 3.88. The van der Waals surface area contributed by atoms with Crippen LogP contribution in [0.2, 0.25) is 0 Å². The number of hydrogen-bond donors (Lipinski definition) is 1. The summed E-state index contributed by atoms with van der Waals surface area (Å²) < 4.78 is 0. The quantitative estimate of drug-likeness (QED) is 0.927. The maximum Gasteiger partial charge on any atom is 0.0703 e. The fourth-order valence-corrected chi connectivity index (χ4v) is 3.27. The molecule has 20 heavy (non-hydrogen) atoms. The van der Waals surface area contributed by atoms with Crippen LogP contribution in [0.4, 0.5) is 5.69 Å². The van der Waals surface area contributed by atoms with E-state index >= 15 is 0 Å². The molecular formula is C17H23N3. The van der Waals surface area contributed by atoms with Crippen molar-refractivity contribution in [1.29, 1.82) is 0 Å². The van der Waals surface area contributed by atoms with Crippen molar-refractivity contribution >= 4 is 16.6 Å². The molecule has 3 heteroatoms. The summed E-state index contributed by atoms with van der Waals surface area (Å²) in [6, 6.07) is 12.0. The Bertz CT molecular complexity index is 581. The highest BCUT2D eigenvalue weighted by Crippen LogP contribution is 2.27. The standard InChI is InChI=1S/C17H23N3/c1-3-18-15-8-10-20(13(2)11-15)16-6-7-17-14(12-16)5-4-9-19-17/h4-7,9,12-13,15,18H,3,8,10-11H2,1-2H3. The summed E-state index contributed by atoms with van der Waals surface area (Å²) in [5.74, 6) is 0. The minimum atomic E-state index is 0.585. The van der Waals surface area contributed by atoms with Crippen molar-refractivity contribution in [3.8, 4) is 0 Å². The van der Waals surface area contributed by atoms with Gasteiger partial charge in [-0.2, -0.15) is 0 Å². The van der Waals surface area contributed by atoms with Gasteiger partial charge in [0.15, 0.2) is 0 Å². The zero-order valence-corrected chi connectivity index (χ0v) is 12.3. The fourth-order valence-electron chi connectivity index (χ4n) is 3.27. The molecular weight excluding hydrogens is 246 g/mol. The molecule has 0 amide bonds. The second-order valence-corrected chi connectivity index (χ2v) is 5.70. The molecule has 2 aromatic rings. The second kappa shape index (κ2) is 5.80. The lowest BCUT2D eigenvalue weighted by Crippen LogP contribution is -2.47. The predicted molar refractivity (Wildman–Crippen MR) is 85.2 cm³/mol. The molecule has 2 heterocycles. The molecule has 1 N–H and O–H groups in total. The van der Waals surface area contributed by atoms with E-state index in [4.69, 9.17) is 0 Å². The minimum absolute atomic E-state index is 0.585. The van der Waals surface area contributed by atoms with Crippen LogP contribution in [-0.2, 0) is 0 Å². The first-order chi connectivity index (χ1) is 9.78. The number of hydrogen-bond acceptors (Lipinski definition) is 3. The summed E-state index contributed by atoms with van der Waals surface area (Å²) in [6.45, 7) is 6.72. The highest BCUT2D eigenvalue weighted by atomic mass is 15.2. The summed E-state index contributed by atoms with van der Waals surface area (Å²) in [5.41, 5.74) is 2.40. The smallest absolute Gasteiger partial charge is 0.0703 e. The summed E-state index contributed by atoms with van der Waals surface area (Å²) in [4.78, 5) is 6.92. The van der Waals surface area contributed by atoms with Crippen LogP contribution in [0.25, 0.3) is 10.9 Å². The van der Waals surface area contributed by atoms with Crippen LogP contribution in [0.3, 0.4) is 0 Å². The van der Waals surface area contributed by atoms with Crippen LogP contribution < -0.4 is 10.2 Å². The number of anilines is 1. The molecule has 0 aliphatic carbocycles. The first-order valence-corrected chi connectivity index (χ1v) is 7.62. The van der Waals surface area contributed by atoms with Crippen LogP contribution in [0.15, 0.2) is 36.5 Å². The van der Waals surface area contributed by atoms with Gasteiger partial charge in [-0.05, 0) is 50.6 Å². The van der Waals surface area contributed by atoms with Gasteiger partial charge in [-0.1, -0.05) is 13.0 Å². The molecule has 1 aliphatic rings. The van der Waals surface area contributed by atoms with Crippen LogP contribution in [-0.4, -0.2) is 30.2 Å². The van der Waals surface area contributed by atoms with E-state index in [0.29, 0.717) is 12.1 Å². The first-order valence-electron chi connectivity index (χ1n) is 7.62. The monoisotopic (exact) mass is 269 g/mol. The number of fused-ring (bicyclic) bond motifs is 1. The fraction of sp³-hybridized carbons (Fsp3) is 0.471. The topological polar surface area (TPSA) is 28.2 Å². The van der Waals surface area contributed by atoms with Gasteiger partial charge in [0.2, 0.25) is 0 Å². The van der Waals surface area contributed by atoms with Gasteiger partial charge in [0, 0.05) is 35.9 Å². The number of piperidine rings is 1. The molecule has 2 atom stereocenters. The molecule has 0 radical (unpaired) electrons. The number of pyridine rings is 1. The van der Waals surface area contributed by atoms with Gasteiger partial charge in [-0.3, -0.25) is 4.98 Å². The van der Waals surface area contributed by atoms with E-state index in [0.717, 1.165) is 18.6 Å². The Morgan fingerprint density at radius 3 is 3.05 bits per heavy atom. The summed E-state index contributed by atoms with van der Waals surface area (Å²) in [7, 11) is 0. The van der Waals surface area contributed by atoms with E-state index in [1.165, 1.54) is 23.9 Å². The van der Waals surface area contributed by atoms with Crippen molar-refractivity contribution in [3.05, 3.63) is 36.5 Å². The van der Waals surface area contributed by atoms with Crippen molar-refractivity contribution in [3.63, 3.8) is 0 Å². The first kappa shape index (κ1) is 13.4. The number of aromatic nitrogens is 1. The molecule has 0 spiro atoms. The molecule has 0 saturated carbocycles. The maximum absolute atomic E-state index is 4.39. The Balaban J connectivity index is 1.81. The van der Waals surface area contributed by atoms with Gasteiger partial charge in [-0.15, -0.1) is 0 Å². The molecule has 3 nitrogen and oxygen atoms in total. The lowest BCUT2D eigenvalue weighted by atomic mass is 9.97. The highest BCUT2D eigenvalue weighted by Gasteiger charge is 2.24. The zero-order chi connectivity index (χ0) is 13.9. The molecule has 1 aliphatic heterocycles. The van der Waals surface area contributed by atoms with Crippen LogP contribution in [0.1, 0.15) is 26.7 Å². The summed E-state index contributed by atoms with van der Waals surface area (Å²) in [6.07, 6.45) is 4.30. The summed E-state index contributed by atoms with van der Waals surface area (Å²) >= 11 is 0. The van der Waals surface area contributed by atoms with Gasteiger partial charge >= 0.3 is 0 Å². The van der Waals surface area contributed by atoms with Crippen LogP contribution in [0, 0.1) is 0 Å². The molecule has 1 fully saturated rings. The maximum atomic E-state index is 4.39. The van der Waals surface area contributed by atoms with Crippen molar-refractivity contribution in [2.45, 2.75) is 38.8 Å². The van der Waals surface area contributed by atoms with E-state index in [2.05, 4.69) is 53.3 Å². The van der Waals surface area contributed by atoms with E-state index < -0.39 is 0 Å². The molecule has 1 aromatic carbocycles. The highest BCUT2D eigenvalue weighted by molar-refractivity contribution is 5.82. The van der Waals surface area contributed by atoms with Gasteiger partial charge in [0.25, 0.3) is 0 Å². The van der Waals surface area contributed by atoms with Gasteiger partial charge in [-0.25, -0.2) is 0 Å². The number of nitrogens with one attached hydrogen (secondary N) is 1. The lowest BCUT2D eigenvalue weighted by molar-refractivity contribution is 0.374. The van der Waals surface area contributed by atoms with Crippen molar-refractivity contribution in [1.82, 2.24) is 10.3 Å². The summed E-state index contributed by atoms with van der Waals surface area (Å²) in [5, 5.41) is 4.81. The van der Waals surface area contributed by atoms with Crippen LogP contribution in [0.5, 0.6) is 0 Å². The predicted octanol–water partition coefficient (Wildman–Crippen LogP) is 3.20. The molecule has 1 saturated heterocycles. The van der Waals surface area contributed by atoms with E-state index in [9.17, 15) is 0 Å². The third-order valence-electron chi connectivity index (χ3n) is 4.29. The molecule has 3 rings (SSSR count). The third kappa shape index (κ3) is 2.63. The van der Waals surface area contributed by atoms with E-state index in [-0.39, 0.29) is 0 Å². The number of rotatable bonds is 3. The van der Waals surface area contributed by atoms with Crippen LogP contribution >= 0.6 is 0 Å². The molecule has 106 valence electrons. The number of benzene rings is 1. The van der Waals surface area contributed by atoms with Gasteiger partial charge in [0.05, 0.1) is 5.52 Å². The SMILES string of the molecule is CCNC1CCN(c2ccc3ncccc3c2)C(C)C1. The molecule has 2 unspecified atom stereocenters. The van der Waals surface area contributed by atoms with Crippen molar-refractivity contribution in [2.75, 3.05) is 18.0 Å². The Morgan fingerprint density at radius 2 is 2.25 bits per heavy atom.